The van der Waals surface area contributed by atoms with Crippen molar-refractivity contribution < 1.29 is 24.3 Å². The lowest BCUT2D eigenvalue weighted by molar-refractivity contribution is -0.148. The van der Waals surface area contributed by atoms with E-state index in [4.69, 9.17) is 9.94 Å². The number of amides is 3. The summed E-state index contributed by atoms with van der Waals surface area (Å²) in [6, 6.07) is 6.51. The highest BCUT2D eigenvalue weighted by atomic mass is 16.5. The Hall–Kier alpha value is -2.89. The molecule has 1 rings (SSSR count). The van der Waals surface area contributed by atoms with Gasteiger partial charge in [-0.2, -0.15) is 0 Å². The van der Waals surface area contributed by atoms with Crippen molar-refractivity contribution in [1.82, 2.24) is 15.7 Å². The van der Waals surface area contributed by atoms with Gasteiger partial charge in [0.2, 0.25) is 0 Å². The predicted octanol–water partition coefficient (Wildman–Crippen LogP) is 0.547. The Morgan fingerprint density at radius 1 is 1.22 bits per heavy atom. The quantitative estimate of drug-likeness (QED) is 0.212. The smallest absolute Gasteiger partial charge is 0.278 e. The minimum atomic E-state index is -1.92. The number of benzene rings is 1. The van der Waals surface area contributed by atoms with Gasteiger partial charge in [0.05, 0.1) is 0 Å². The number of ether oxygens (including phenoxy) is 1. The molecule has 0 fully saturated rings. The molecule has 0 heterocycles. The molecule has 27 heavy (non-hydrogen) atoms. The fourth-order valence-corrected chi connectivity index (χ4v) is 2.32. The molecule has 0 saturated carbocycles. The number of likely N-dealkylation sites (N-methyl/N-ethyl adjacent to an activating group) is 2. The number of carbonyl (C=O) groups excluding carboxylic acids is 3. The highest BCUT2D eigenvalue weighted by molar-refractivity contribution is 6.12. The summed E-state index contributed by atoms with van der Waals surface area (Å²) in [6.45, 7) is 1.90. The summed E-state index contributed by atoms with van der Waals surface area (Å²) < 4.78 is 4.95. The summed E-state index contributed by atoms with van der Waals surface area (Å²) in [6.07, 6.45) is 1.55. The van der Waals surface area contributed by atoms with Crippen LogP contribution in [0.25, 0.3) is 0 Å². The molecule has 0 aliphatic heterocycles. The van der Waals surface area contributed by atoms with Gasteiger partial charge in [0.25, 0.3) is 17.7 Å². The molecular formula is C19H25N3O5. The van der Waals surface area contributed by atoms with Crippen molar-refractivity contribution in [2.24, 2.45) is 0 Å². The first-order valence-electron chi connectivity index (χ1n) is 8.35. The zero-order valence-electron chi connectivity index (χ0n) is 16.0. The summed E-state index contributed by atoms with van der Waals surface area (Å²) in [7, 11) is 4.29. The third-order valence-corrected chi connectivity index (χ3v) is 4.20. The molecule has 0 spiro atoms. The van der Waals surface area contributed by atoms with Gasteiger partial charge in [0.15, 0.2) is 5.54 Å². The van der Waals surface area contributed by atoms with Crippen LogP contribution in [0.1, 0.15) is 35.7 Å². The normalized spacial score (nSPS) is 12.2. The number of hydrogen-bond donors (Lipinski definition) is 3. The van der Waals surface area contributed by atoms with Crippen LogP contribution in [0.4, 0.5) is 0 Å². The van der Waals surface area contributed by atoms with Crippen molar-refractivity contribution in [3.63, 3.8) is 0 Å². The molecule has 3 amide bonds. The van der Waals surface area contributed by atoms with Crippen molar-refractivity contribution in [2.45, 2.75) is 25.3 Å². The molecule has 8 nitrogen and oxygen atoms in total. The Kier molecular flexibility index (Phi) is 8.45. The van der Waals surface area contributed by atoms with Crippen LogP contribution >= 0.6 is 0 Å². The minimum Gasteiger partial charge on any atom is -0.385 e. The molecule has 146 valence electrons. The summed E-state index contributed by atoms with van der Waals surface area (Å²) in [5.74, 6) is 3.71. The largest absolute Gasteiger partial charge is 0.385 e. The SMILES string of the molecule is CNC(=O)[C@@](C)(C(=O)NO)N(C)C(=O)c1ccc(C#CCCCOC)cc1. The first-order chi connectivity index (χ1) is 12.8. The van der Waals surface area contributed by atoms with Crippen molar-refractivity contribution in [1.29, 1.82) is 0 Å². The number of nitrogens with one attached hydrogen (secondary N) is 2. The molecule has 3 N–H and O–H groups in total. The second kappa shape index (κ2) is 10.3. The van der Waals surface area contributed by atoms with Gasteiger partial charge in [-0.3, -0.25) is 19.6 Å². The number of hydrogen-bond acceptors (Lipinski definition) is 5. The summed E-state index contributed by atoms with van der Waals surface area (Å²) in [5, 5.41) is 11.3. The van der Waals surface area contributed by atoms with Crippen LogP contribution in [-0.2, 0) is 14.3 Å². The number of hydroxylamine groups is 1. The molecule has 0 aliphatic rings. The highest BCUT2D eigenvalue weighted by Gasteiger charge is 2.47. The van der Waals surface area contributed by atoms with Gasteiger partial charge in [-0.1, -0.05) is 11.8 Å². The number of nitrogens with zero attached hydrogens (tertiary/aromatic N) is 1. The van der Waals surface area contributed by atoms with E-state index in [1.807, 2.05) is 0 Å². The molecule has 8 heteroatoms. The second-order valence-electron chi connectivity index (χ2n) is 5.93. The van der Waals surface area contributed by atoms with E-state index in [1.54, 1.807) is 31.4 Å². The average Bonchev–Trinajstić information content (AvgIpc) is 2.71. The molecule has 0 unspecified atom stereocenters. The number of carbonyl (C=O) groups is 3. The molecule has 0 aromatic heterocycles. The predicted molar refractivity (Wildman–Crippen MR) is 98.9 cm³/mol. The summed E-state index contributed by atoms with van der Waals surface area (Å²) in [4.78, 5) is 37.9. The van der Waals surface area contributed by atoms with Crippen LogP contribution < -0.4 is 10.8 Å². The highest BCUT2D eigenvalue weighted by Crippen LogP contribution is 2.18. The topological polar surface area (TPSA) is 108 Å². The van der Waals surface area contributed by atoms with E-state index in [9.17, 15) is 14.4 Å². The van der Waals surface area contributed by atoms with E-state index >= 15 is 0 Å². The lowest BCUT2D eigenvalue weighted by Gasteiger charge is -2.34. The number of methoxy groups -OCH3 is 1. The molecule has 1 aromatic rings. The molecule has 1 aromatic carbocycles. The maximum absolute atomic E-state index is 12.7. The van der Waals surface area contributed by atoms with Gasteiger partial charge in [0.1, 0.15) is 0 Å². The van der Waals surface area contributed by atoms with E-state index in [0.29, 0.717) is 13.0 Å². The van der Waals surface area contributed by atoms with Gasteiger partial charge in [-0.15, -0.1) is 0 Å². The molecule has 0 radical (unpaired) electrons. The average molecular weight is 375 g/mol. The Balaban J connectivity index is 2.97. The number of rotatable bonds is 7. The summed E-state index contributed by atoms with van der Waals surface area (Å²) in [5.41, 5.74) is 0.543. The van der Waals surface area contributed by atoms with E-state index in [1.165, 1.54) is 26.5 Å². The second-order valence-corrected chi connectivity index (χ2v) is 5.93. The van der Waals surface area contributed by atoms with Gasteiger partial charge in [0, 0.05) is 45.4 Å². The van der Waals surface area contributed by atoms with E-state index in [-0.39, 0.29) is 5.56 Å². The zero-order valence-corrected chi connectivity index (χ0v) is 16.0. The Bertz CT molecular complexity index is 718. The van der Waals surface area contributed by atoms with Gasteiger partial charge >= 0.3 is 0 Å². The van der Waals surface area contributed by atoms with Crippen LogP contribution in [0.5, 0.6) is 0 Å². The van der Waals surface area contributed by atoms with E-state index in [2.05, 4.69) is 17.2 Å². The zero-order chi connectivity index (χ0) is 20.4. The van der Waals surface area contributed by atoms with Gasteiger partial charge in [-0.25, -0.2) is 5.48 Å². The summed E-state index contributed by atoms with van der Waals surface area (Å²) >= 11 is 0. The molecular weight excluding hydrogens is 350 g/mol. The monoisotopic (exact) mass is 375 g/mol. The Labute approximate surface area is 158 Å². The fourth-order valence-electron chi connectivity index (χ4n) is 2.32. The van der Waals surface area contributed by atoms with Crippen LogP contribution in [0, 0.1) is 11.8 Å². The van der Waals surface area contributed by atoms with Crippen molar-refractivity contribution >= 4 is 17.7 Å². The van der Waals surface area contributed by atoms with Crippen LogP contribution in [-0.4, -0.2) is 61.2 Å². The van der Waals surface area contributed by atoms with Crippen molar-refractivity contribution in [3.8, 4) is 11.8 Å². The molecule has 0 saturated heterocycles. The maximum Gasteiger partial charge on any atom is 0.278 e. The number of unbranched alkanes of at least 4 members (excludes halogenated alkanes) is 1. The van der Waals surface area contributed by atoms with Gasteiger partial charge < -0.3 is 15.0 Å². The van der Waals surface area contributed by atoms with E-state index < -0.39 is 23.3 Å². The first-order valence-corrected chi connectivity index (χ1v) is 8.35. The Morgan fingerprint density at radius 3 is 2.37 bits per heavy atom. The molecule has 1 atom stereocenters. The maximum atomic E-state index is 12.7. The molecule has 0 bridgehead atoms. The fraction of sp³-hybridized carbons (Fsp3) is 0.421. The third kappa shape index (κ3) is 5.29. The third-order valence-electron chi connectivity index (χ3n) is 4.20. The lowest BCUT2D eigenvalue weighted by atomic mass is 9.96. The van der Waals surface area contributed by atoms with Crippen molar-refractivity contribution in [3.05, 3.63) is 35.4 Å². The van der Waals surface area contributed by atoms with Crippen LogP contribution in [0.2, 0.25) is 0 Å². The van der Waals surface area contributed by atoms with Crippen LogP contribution in [0.3, 0.4) is 0 Å². The van der Waals surface area contributed by atoms with Crippen molar-refractivity contribution in [2.75, 3.05) is 27.8 Å². The van der Waals surface area contributed by atoms with Crippen LogP contribution in [0.15, 0.2) is 24.3 Å². The first kappa shape index (κ1) is 22.2. The minimum absolute atomic E-state index is 0.281. The standard InChI is InChI=1S/C19H25N3O5/c1-19(17(24)20-2,18(25)21-26)22(3)16(23)15-11-9-14(10-12-15)8-6-5-7-13-27-4/h9-12,26H,5,7,13H2,1-4H3,(H,20,24)(H,21,25)/t19-/m0/s1. The van der Waals surface area contributed by atoms with E-state index in [0.717, 1.165) is 16.9 Å². The lowest BCUT2D eigenvalue weighted by Crippen LogP contribution is -2.64. The molecule has 0 aliphatic carbocycles. The Morgan fingerprint density at radius 2 is 1.85 bits per heavy atom. The van der Waals surface area contributed by atoms with Gasteiger partial charge in [-0.05, 0) is 37.6 Å².